The van der Waals surface area contributed by atoms with E-state index in [1.165, 1.54) is 41.7 Å². The van der Waals surface area contributed by atoms with Gasteiger partial charge in [-0.25, -0.2) is 0 Å². The van der Waals surface area contributed by atoms with Crippen LogP contribution in [0.1, 0.15) is 0 Å². The molecular formula is C20H11BrS. The molecule has 4 aromatic carbocycles. The number of halogens is 1. The third-order valence-electron chi connectivity index (χ3n) is 4.26. The van der Waals surface area contributed by atoms with E-state index in [-0.39, 0.29) is 0 Å². The van der Waals surface area contributed by atoms with E-state index < -0.39 is 0 Å². The highest BCUT2D eigenvalue weighted by Crippen LogP contribution is 2.38. The number of hydrogen-bond acceptors (Lipinski definition) is 1. The molecule has 0 aliphatic carbocycles. The van der Waals surface area contributed by atoms with Gasteiger partial charge in [-0.1, -0.05) is 46.3 Å². The first-order chi connectivity index (χ1) is 10.8. The highest BCUT2D eigenvalue weighted by molar-refractivity contribution is 9.10. The standard InChI is InChI=1S/C20H11BrS/c21-16-6-5-14-9-18-17-8-12-3-1-2-4-13(12)10-19(17)22-20(18)11-15(14)7-16/h1-11H. The summed E-state index contributed by atoms with van der Waals surface area (Å²) in [6.45, 7) is 0. The minimum atomic E-state index is 1.13. The van der Waals surface area contributed by atoms with Crippen molar-refractivity contribution in [2.24, 2.45) is 0 Å². The van der Waals surface area contributed by atoms with Crippen LogP contribution in [0.15, 0.2) is 71.2 Å². The summed E-state index contributed by atoms with van der Waals surface area (Å²) in [6, 6.07) is 24.4. The highest BCUT2D eigenvalue weighted by Gasteiger charge is 2.08. The molecule has 104 valence electrons. The van der Waals surface area contributed by atoms with Gasteiger partial charge in [0.05, 0.1) is 0 Å². The maximum absolute atomic E-state index is 3.56. The highest BCUT2D eigenvalue weighted by atomic mass is 79.9. The van der Waals surface area contributed by atoms with E-state index in [1.807, 2.05) is 11.3 Å². The molecule has 1 aromatic heterocycles. The van der Waals surface area contributed by atoms with Crippen molar-refractivity contribution < 1.29 is 0 Å². The van der Waals surface area contributed by atoms with Gasteiger partial charge in [-0.15, -0.1) is 11.3 Å². The smallest absolute Gasteiger partial charge is 0.0361 e. The normalized spacial score (nSPS) is 11.9. The lowest BCUT2D eigenvalue weighted by molar-refractivity contribution is 1.74. The van der Waals surface area contributed by atoms with Crippen LogP contribution in [0, 0.1) is 0 Å². The Morgan fingerprint density at radius 1 is 0.591 bits per heavy atom. The Morgan fingerprint density at radius 3 is 1.91 bits per heavy atom. The number of benzene rings is 4. The van der Waals surface area contributed by atoms with E-state index in [0.717, 1.165) is 4.47 Å². The fourth-order valence-corrected chi connectivity index (χ4v) is 4.72. The molecule has 0 spiro atoms. The van der Waals surface area contributed by atoms with Crippen molar-refractivity contribution in [1.82, 2.24) is 0 Å². The van der Waals surface area contributed by atoms with Crippen LogP contribution in [0.4, 0.5) is 0 Å². The summed E-state index contributed by atoms with van der Waals surface area (Å²) in [5.41, 5.74) is 0. The van der Waals surface area contributed by atoms with E-state index in [1.54, 1.807) is 0 Å². The lowest BCUT2D eigenvalue weighted by atomic mass is 10.0. The summed E-state index contributed by atoms with van der Waals surface area (Å²) in [4.78, 5) is 0. The number of rotatable bonds is 0. The van der Waals surface area contributed by atoms with Crippen molar-refractivity contribution in [1.29, 1.82) is 0 Å². The molecule has 1 heterocycles. The molecular weight excluding hydrogens is 352 g/mol. The monoisotopic (exact) mass is 362 g/mol. The summed E-state index contributed by atoms with van der Waals surface area (Å²) < 4.78 is 3.85. The van der Waals surface area contributed by atoms with E-state index in [2.05, 4.69) is 82.7 Å². The van der Waals surface area contributed by atoms with Crippen LogP contribution in [-0.2, 0) is 0 Å². The number of fused-ring (bicyclic) bond motifs is 5. The van der Waals surface area contributed by atoms with Crippen LogP contribution < -0.4 is 0 Å². The van der Waals surface area contributed by atoms with Gasteiger partial charge in [0.25, 0.3) is 0 Å². The molecule has 5 aromatic rings. The molecule has 0 fully saturated rings. The first-order valence-electron chi connectivity index (χ1n) is 7.22. The Bertz CT molecular complexity index is 1180. The first kappa shape index (κ1) is 12.6. The van der Waals surface area contributed by atoms with E-state index in [4.69, 9.17) is 0 Å². The average molecular weight is 363 g/mol. The van der Waals surface area contributed by atoms with Gasteiger partial charge < -0.3 is 0 Å². The number of hydrogen-bond donors (Lipinski definition) is 0. The van der Waals surface area contributed by atoms with Gasteiger partial charge in [-0.05, 0) is 57.9 Å². The molecule has 0 radical (unpaired) electrons. The van der Waals surface area contributed by atoms with Crippen LogP contribution >= 0.6 is 27.3 Å². The Morgan fingerprint density at radius 2 is 1.18 bits per heavy atom. The molecule has 0 N–H and O–H groups in total. The van der Waals surface area contributed by atoms with Gasteiger partial charge in [-0.2, -0.15) is 0 Å². The van der Waals surface area contributed by atoms with Gasteiger partial charge in [0.1, 0.15) is 0 Å². The second-order valence-electron chi connectivity index (χ2n) is 5.64. The van der Waals surface area contributed by atoms with Crippen LogP contribution in [0.25, 0.3) is 41.7 Å². The Kier molecular flexibility index (Phi) is 2.61. The zero-order chi connectivity index (χ0) is 14.7. The van der Waals surface area contributed by atoms with Gasteiger partial charge in [0.2, 0.25) is 0 Å². The SMILES string of the molecule is Brc1ccc2cc3c(cc2c1)sc1cc2ccccc2cc13. The summed E-state index contributed by atoms with van der Waals surface area (Å²) in [7, 11) is 0. The maximum Gasteiger partial charge on any atom is 0.0361 e. The number of thiophene rings is 1. The summed E-state index contributed by atoms with van der Waals surface area (Å²) >= 11 is 5.45. The van der Waals surface area contributed by atoms with Crippen LogP contribution in [0.2, 0.25) is 0 Å². The predicted octanol–water partition coefficient (Wildman–Crippen LogP) is 7.12. The zero-order valence-corrected chi connectivity index (χ0v) is 14.0. The summed E-state index contributed by atoms with van der Waals surface area (Å²) in [6.07, 6.45) is 0. The van der Waals surface area contributed by atoms with Crippen LogP contribution in [-0.4, -0.2) is 0 Å². The Hall–Kier alpha value is -1.90. The van der Waals surface area contributed by atoms with Crippen molar-refractivity contribution >= 4 is 69.0 Å². The molecule has 0 nitrogen and oxygen atoms in total. The lowest BCUT2D eigenvalue weighted by Gasteiger charge is -2.00. The molecule has 0 bridgehead atoms. The second-order valence-corrected chi connectivity index (χ2v) is 7.64. The van der Waals surface area contributed by atoms with Gasteiger partial charge in [-0.3, -0.25) is 0 Å². The van der Waals surface area contributed by atoms with Crippen molar-refractivity contribution in [2.45, 2.75) is 0 Å². The van der Waals surface area contributed by atoms with Crippen molar-refractivity contribution in [2.75, 3.05) is 0 Å². The zero-order valence-electron chi connectivity index (χ0n) is 11.6. The maximum atomic E-state index is 3.56. The molecule has 0 unspecified atom stereocenters. The molecule has 2 heteroatoms. The average Bonchev–Trinajstić information content (AvgIpc) is 2.87. The molecule has 0 saturated heterocycles. The summed E-state index contributed by atoms with van der Waals surface area (Å²) in [5, 5.41) is 7.94. The van der Waals surface area contributed by atoms with Gasteiger partial charge in [0, 0.05) is 24.6 Å². The van der Waals surface area contributed by atoms with Crippen LogP contribution in [0.3, 0.4) is 0 Å². The Balaban J connectivity index is 1.97. The summed E-state index contributed by atoms with van der Waals surface area (Å²) in [5.74, 6) is 0. The first-order valence-corrected chi connectivity index (χ1v) is 8.83. The molecule has 0 saturated carbocycles. The van der Waals surface area contributed by atoms with Gasteiger partial charge >= 0.3 is 0 Å². The third kappa shape index (κ3) is 1.81. The van der Waals surface area contributed by atoms with Gasteiger partial charge in [0.15, 0.2) is 0 Å². The van der Waals surface area contributed by atoms with E-state index in [9.17, 15) is 0 Å². The van der Waals surface area contributed by atoms with Crippen LogP contribution in [0.5, 0.6) is 0 Å². The topological polar surface area (TPSA) is 0 Å². The lowest BCUT2D eigenvalue weighted by Crippen LogP contribution is -1.74. The largest absolute Gasteiger partial charge is 0.135 e. The molecule has 0 amide bonds. The fraction of sp³-hybridized carbons (Fsp3) is 0. The van der Waals surface area contributed by atoms with Crippen molar-refractivity contribution in [3.63, 3.8) is 0 Å². The quantitative estimate of drug-likeness (QED) is 0.275. The van der Waals surface area contributed by atoms with Crippen molar-refractivity contribution in [3.05, 3.63) is 71.2 Å². The van der Waals surface area contributed by atoms with Crippen molar-refractivity contribution in [3.8, 4) is 0 Å². The molecule has 0 aliphatic rings. The molecule has 22 heavy (non-hydrogen) atoms. The second kappa shape index (κ2) is 4.55. The predicted molar refractivity (Wildman–Crippen MR) is 102 cm³/mol. The Labute approximate surface area is 140 Å². The molecule has 0 atom stereocenters. The molecule has 0 aliphatic heterocycles. The van der Waals surface area contributed by atoms with E-state index >= 15 is 0 Å². The minimum Gasteiger partial charge on any atom is -0.135 e. The molecule has 5 rings (SSSR count). The fourth-order valence-electron chi connectivity index (χ4n) is 3.18. The minimum absolute atomic E-state index is 1.13. The third-order valence-corrected chi connectivity index (χ3v) is 5.87. The van der Waals surface area contributed by atoms with E-state index in [0.29, 0.717) is 0 Å².